The maximum atomic E-state index is 13.7. The van der Waals surface area contributed by atoms with Crippen LogP contribution in [0.1, 0.15) is 38.7 Å². The van der Waals surface area contributed by atoms with Crippen molar-refractivity contribution in [3.8, 4) is 0 Å². The summed E-state index contributed by atoms with van der Waals surface area (Å²) in [5.41, 5.74) is 6.04. The summed E-state index contributed by atoms with van der Waals surface area (Å²) in [6.07, 6.45) is 2.27. The lowest BCUT2D eigenvalue weighted by Crippen LogP contribution is -2.34. The van der Waals surface area contributed by atoms with Crippen molar-refractivity contribution in [1.82, 2.24) is 4.72 Å². The van der Waals surface area contributed by atoms with Crippen LogP contribution < -0.4 is 10.5 Å². The molecule has 1 rings (SSSR count). The molecule has 1 aromatic rings. The molecule has 6 heteroatoms. The van der Waals surface area contributed by atoms with E-state index in [9.17, 15) is 12.8 Å². The lowest BCUT2D eigenvalue weighted by atomic mass is 10.1. The first-order valence-corrected chi connectivity index (χ1v) is 7.93. The number of hydrogen-bond acceptors (Lipinski definition) is 3. The molecule has 0 aliphatic rings. The summed E-state index contributed by atoms with van der Waals surface area (Å²) >= 11 is 0. The number of benzene rings is 1. The van der Waals surface area contributed by atoms with E-state index in [0.717, 1.165) is 18.9 Å². The van der Waals surface area contributed by atoms with E-state index in [4.69, 9.17) is 5.73 Å². The zero-order valence-electron chi connectivity index (χ0n) is 11.3. The van der Waals surface area contributed by atoms with Crippen molar-refractivity contribution >= 4 is 10.0 Å². The van der Waals surface area contributed by atoms with Gasteiger partial charge in [-0.1, -0.05) is 26.3 Å². The van der Waals surface area contributed by atoms with E-state index < -0.39 is 15.8 Å². The first-order chi connectivity index (χ1) is 8.94. The molecule has 0 aliphatic carbocycles. The van der Waals surface area contributed by atoms with Crippen molar-refractivity contribution in [2.45, 2.75) is 50.6 Å². The Bertz CT molecular complexity index is 517. The van der Waals surface area contributed by atoms with E-state index in [0.29, 0.717) is 12.0 Å². The Kier molecular flexibility index (Phi) is 5.90. The maximum Gasteiger partial charge on any atom is 0.243 e. The number of nitrogens with one attached hydrogen (secondary N) is 1. The third-order valence-electron chi connectivity index (χ3n) is 2.97. The van der Waals surface area contributed by atoms with Gasteiger partial charge in [0, 0.05) is 12.6 Å². The lowest BCUT2D eigenvalue weighted by Gasteiger charge is -2.16. The van der Waals surface area contributed by atoms with Crippen LogP contribution in [-0.2, 0) is 16.6 Å². The van der Waals surface area contributed by atoms with E-state index in [1.807, 2.05) is 13.8 Å². The molecule has 0 saturated carbocycles. The highest BCUT2D eigenvalue weighted by molar-refractivity contribution is 7.89. The predicted molar refractivity (Wildman–Crippen MR) is 73.6 cm³/mol. The molecule has 1 unspecified atom stereocenters. The molecule has 0 fully saturated rings. The Hall–Kier alpha value is -0.980. The highest BCUT2D eigenvalue weighted by Gasteiger charge is 2.22. The molecule has 0 amide bonds. The summed E-state index contributed by atoms with van der Waals surface area (Å²) < 4.78 is 40.6. The van der Waals surface area contributed by atoms with Crippen LogP contribution in [0.4, 0.5) is 4.39 Å². The summed E-state index contributed by atoms with van der Waals surface area (Å²) in [6, 6.07) is 3.74. The molecular weight excluding hydrogens is 267 g/mol. The van der Waals surface area contributed by atoms with Gasteiger partial charge in [0.15, 0.2) is 0 Å². The number of halogens is 1. The molecule has 1 atom stereocenters. The fraction of sp³-hybridized carbons (Fsp3) is 0.538. The maximum absolute atomic E-state index is 13.7. The summed E-state index contributed by atoms with van der Waals surface area (Å²) in [5, 5.41) is 0. The highest BCUT2D eigenvalue weighted by Crippen LogP contribution is 2.17. The van der Waals surface area contributed by atoms with Crippen LogP contribution in [0.3, 0.4) is 0 Å². The summed E-state index contributed by atoms with van der Waals surface area (Å²) in [7, 11) is -3.84. The van der Waals surface area contributed by atoms with Crippen LogP contribution in [-0.4, -0.2) is 14.5 Å². The number of nitrogens with two attached hydrogens (primary N) is 1. The van der Waals surface area contributed by atoms with Crippen LogP contribution in [0.5, 0.6) is 0 Å². The topological polar surface area (TPSA) is 72.2 Å². The summed E-state index contributed by atoms with van der Waals surface area (Å²) in [6.45, 7) is 4.05. The Balaban J connectivity index is 3.05. The molecule has 1 aromatic carbocycles. The Morgan fingerprint density at radius 3 is 2.58 bits per heavy atom. The molecule has 108 valence electrons. The second-order valence-electron chi connectivity index (χ2n) is 4.48. The van der Waals surface area contributed by atoms with Crippen molar-refractivity contribution in [2.24, 2.45) is 5.73 Å². The van der Waals surface area contributed by atoms with Crippen molar-refractivity contribution in [2.75, 3.05) is 0 Å². The molecule has 19 heavy (non-hydrogen) atoms. The quantitative estimate of drug-likeness (QED) is 0.807. The van der Waals surface area contributed by atoms with Crippen molar-refractivity contribution < 1.29 is 12.8 Å². The fourth-order valence-electron chi connectivity index (χ4n) is 1.86. The van der Waals surface area contributed by atoms with Crippen molar-refractivity contribution in [1.29, 1.82) is 0 Å². The zero-order chi connectivity index (χ0) is 14.5. The van der Waals surface area contributed by atoms with Crippen LogP contribution in [0.25, 0.3) is 0 Å². The number of hydrogen-bond donors (Lipinski definition) is 2. The zero-order valence-corrected chi connectivity index (χ0v) is 12.1. The number of rotatable bonds is 7. The van der Waals surface area contributed by atoms with Crippen LogP contribution >= 0.6 is 0 Å². The normalized spacial score (nSPS) is 13.5. The second kappa shape index (κ2) is 6.98. The third kappa shape index (κ3) is 4.26. The van der Waals surface area contributed by atoms with Gasteiger partial charge in [-0.15, -0.1) is 0 Å². The third-order valence-corrected chi connectivity index (χ3v) is 4.51. The molecule has 4 nitrogen and oxygen atoms in total. The molecule has 0 radical (unpaired) electrons. The molecule has 0 heterocycles. The molecule has 0 bridgehead atoms. The van der Waals surface area contributed by atoms with Crippen molar-refractivity contribution in [3.63, 3.8) is 0 Å². The predicted octanol–water partition coefficient (Wildman–Crippen LogP) is 2.14. The molecule has 0 saturated heterocycles. The van der Waals surface area contributed by atoms with E-state index in [1.165, 1.54) is 12.1 Å². The van der Waals surface area contributed by atoms with Gasteiger partial charge in [0.1, 0.15) is 10.7 Å². The Labute approximate surface area is 114 Å². The van der Waals surface area contributed by atoms with Gasteiger partial charge in [-0.05, 0) is 30.5 Å². The van der Waals surface area contributed by atoms with E-state index in [-0.39, 0.29) is 17.5 Å². The van der Waals surface area contributed by atoms with Gasteiger partial charge >= 0.3 is 0 Å². The standard InChI is InChI=1S/C13H21FN2O2S/c1-3-5-11(4-2)16-19(17,18)13-8-10(9-15)6-7-12(13)14/h6-8,11,16H,3-5,9,15H2,1-2H3. The van der Waals surface area contributed by atoms with Gasteiger partial charge in [-0.2, -0.15) is 0 Å². The highest BCUT2D eigenvalue weighted by atomic mass is 32.2. The van der Waals surface area contributed by atoms with Gasteiger partial charge in [0.25, 0.3) is 0 Å². The first kappa shape index (κ1) is 16.1. The minimum Gasteiger partial charge on any atom is -0.326 e. The molecule has 0 spiro atoms. The van der Waals surface area contributed by atoms with Crippen LogP contribution in [0, 0.1) is 5.82 Å². The SMILES string of the molecule is CCCC(CC)NS(=O)(=O)c1cc(CN)ccc1F. The minimum absolute atomic E-state index is 0.170. The van der Waals surface area contributed by atoms with E-state index >= 15 is 0 Å². The van der Waals surface area contributed by atoms with Gasteiger partial charge in [-0.25, -0.2) is 17.5 Å². The largest absolute Gasteiger partial charge is 0.326 e. The summed E-state index contributed by atoms with van der Waals surface area (Å²) in [4.78, 5) is -0.329. The molecule has 0 aliphatic heterocycles. The molecule has 0 aromatic heterocycles. The number of sulfonamides is 1. The lowest BCUT2D eigenvalue weighted by molar-refractivity contribution is 0.505. The Morgan fingerprint density at radius 1 is 1.37 bits per heavy atom. The van der Waals surface area contributed by atoms with Crippen LogP contribution in [0.15, 0.2) is 23.1 Å². The average Bonchev–Trinajstić information content (AvgIpc) is 2.38. The first-order valence-electron chi connectivity index (χ1n) is 6.45. The fourth-order valence-corrected chi connectivity index (χ4v) is 3.34. The second-order valence-corrected chi connectivity index (χ2v) is 6.17. The average molecular weight is 288 g/mol. The van der Waals surface area contributed by atoms with E-state index in [2.05, 4.69) is 4.72 Å². The smallest absolute Gasteiger partial charge is 0.243 e. The Morgan fingerprint density at radius 2 is 2.05 bits per heavy atom. The van der Waals surface area contributed by atoms with E-state index in [1.54, 1.807) is 0 Å². The summed E-state index contributed by atoms with van der Waals surface area (Å²) in [5.74, 6) is -0.754. The van der Waals surface area contributed by atoms with Gasteiger partial charge < -0.3 is 5.73 Å². The van der Waals surface area contributed by atoms with Crippen LogP contribution in [0.2, 0.25) is 0 Å². The molecule has 3 N–H and O–H groups in total. The van der Waals surface area contributed by atoms with Crippen molar-refractivity contribution in [3.05, 3.63) is 29.6 Å². The molecular formula is C13H21FN2O2S. The monoisotopic (exact) mass is 288 g/mol. The van der Waals surface area contributed by atoms with Gasteiger partial charge in [0.05, 0.1) is 0 Å². The van der Waals surface area contributed by atoms with Gasteiger partial charge in [-0.3, -0.25) is 0 Å². The minimum atomic E-state index is -3.84. The van der Waals surface area contributed by atoms with Gasteiger partial charge in [0.2, 0.25) is 10.0 Å².